The fraction of sp³-hybridized carbons (Fsp3) is 0.706. The van der Waals surface area contributed by atoms with Crippen LogP contribution >= 0.6 is 0 Å². The molecule has 2 aliphatic heterocycles. The molecule has 0 saturated carbocycles. The number of anilines is 2. The van der Waals surface area contributed by atoms with Crippen molar-refractivity contribution in [3.63, 3.8) is 0 Å². The van der Waals surface area contributed by atoms with Crippen molar-refractivity contribution in [3.05, 3.63) is 12.4 Å². The number of nitrogens with zero attached hydrogens (tertiary/aromatic N) is 4. The van der Waals surface area contributed by atoms with E-state index in [1.807, 2.05) is 24.9 Å². The zero-order valence-corrected chi connectivity index (χ0v) is 15.1. The Morgan fingerprint density at radius 3 is 3.08 bits per heavy atom. The van der Waals surface area contributed by atoms with Crippen molar-refractivity contribution in [2.24, 2.45) is 0 Å². The summed E-state index contributed by atoms with van der Waals surface area (Å²) < 4.78 is 5.61. The maximum absolute atomic E-state index is 12.5. The van der Waals surface area contributed by atoms with Gasteiger partial charge in [0.1, 0.15) is 18.0 Å². The first kappa shape index (κ1) is 17.7. The van der Waals surface area contributed by atoms with Crippen molar-refractivity contribution < 1.29 is 9.53 Å². The molecule has 25 heavy (non-hydrogen) atoms. The number of urea groups is 1. The van der Waals surface area contributed by atoms with Gasteiger partial charge in [0.2, 0.25) is 0 Å². The number of rotatable bonds is 4. The molecule has 3 heterocycles. The minimum Gasteiger partial charge on any atom is -0.377 e. The lowest BCUT2D eigenvalue weighted by molar-refractivity contribution is 0.0710. The fourth-order valence-electron chi connectivity index (χ4n) is 3.49. The van der Waals surface area contributed by atoms with E-state index in [-0.39, 0.29) is 18.2 Å². The van der Waals surface area contributed by atoms with Crippen LogP contribution in [0, 0.1) is 0 Å². The highest BCUT2D eigenvalue weighted by Gasteiger charge is 2.27. The second kappa shape index (κ2) is 8.33. The van der Waals surface area contributed by atoms with E-state index in [0.29, 0.717) is 13.1 Å². The van der Waals surface area contributed by atoms with Crippen molar-refractivity contribution in [3.8, 4) is 0 Å². The van der Waals surface area contributed by atoms with Crippen molar-refractivity contribution in [1.29, 1.82) is 0 Å². The highest BCUT2D eigenvalue weighted by molar-refractivity contribution is 5.74. The zero-order valence-electron chi connectivity index (χ0n) is 15.1. The van der Waals surface area contributed by atoms with Crippen LogP contribution in [0.25, 0.3) is 0 Å². The maximum atomic E-state index is 12.5. The van der Waals surface area contributed by atoms with E-state index in [0.717, 1.165) is 50.6 Å². The monoisotopic (exact) mass is 348 g/mol. The molecule has 8 heteroatoms. The van der Waals surface area contributed by atoms with Gasteiger partial charge in [-0.25, -0.2) is 14.8 Å². The van der Waals surface area contributed by atoms with E-state index < -0.39 is 0 Å². The normalized spacial score (nSPS) is 24.1. The van der Waals surface area contributed by atoms with Crippen LogP contribution in [0.1, 0.15) is 26.2 Å². The Bertz CT molecular complexity index is 584. The van der Waals surface area contributed by atoms with Gasteiger partial charge in [-0.2, -0.15) is 0 Å². The van der Waals surface area contributed by atoms with Gasteiger partial charge >= 0.3 is 6.03 Å². The van der Waals surface area contributed by atoms with Gasteiger partial charge in [-0.3, -0.25) is 0 Å². The standard InChI is InChI=1S/C17H28N6O2/c1-13-11-22(6-4-8-25-13)17(24)19-10-14-5-3-7-23(14)16-9-15(18-2)20-12-21-16/h9,12-14H,3-8,10-11H2,1-2H3,(H,19,24)(H,18,20,21)/t13-,14-/m1/s1. The Morgan fingerprint density at radius 1 is 1.36 bits per heavy atom. The lowest BCUT2D eigenvalue weighted by atomic mass is 10.2. The molecule has 0 radical (unpaired) electrons. The molecule has 2 amide bonds. The first-order chi connectivity index (χ1) is 12.2. The lowest BCUT2D eigenvalue weighted by Gasteiger charge is -2.28. The highest BCUT2D eigenvalue weighted by Crippen LogP contribution is 2.24. The number of ether oxygens (including phenoxy) is 1. The number of amides is 2. The molecule has 1 aromatic heterocycles. The molecule has 2 aliphatic rings. The topological polar surface area (TPSA) is 82.6 Å². The van der Waals surface area contributed by atoms with E-state index in [2.05, 4.69) is 25.5 Å². The SMILES string of the molecule is CNc1cc(N2CCC[C@@H]2CNC(=O)N2CCCO[C@H](C)C2)ncn1. The Labute approximate surface area is 148 Å². The van der Waals surface area contributed by atoms with E-state index in [1.165, 1.54) is 0 Å². The molecule has 2 N–H and O–H groups in total. The van der Waals surface area contributed by atoms with Gasteiger partial charge in [0.05, 0.1) is 6.10 Å². The third-order valence-corrected chi connectivity index (χ3v) is 4.81. The molecule has 138 valence electrons. The van der Waals surface area contributed by atoms with E-state index >= 15 is 0 Å². The molecule has 0 aliphatic carbocycles. The third-order valence-electron chi connectivity index (χ3n) is 4.81. The van der Waals surface area contributed by atoms with Crippen LogP contribution in [0.2, 0.25) is 0 Å². The first-order valence-electron chi connectivity index (χ1n) is 9.08. The van der Waals surface area contributed by atoms with Gasteiger partial charge in [-0.15, -0.1) is 0 Å². The Hall–Kier alpha value is -2.09. The molecular weight excluding hydrogens is 320 g/mol. The summed E-state index contributed by atoms with van der Waals surface area (Å²) in [5.41, 5.74) is 0. The smallest absolute Gasteiger partial charge is 0.317 e. The average molecular weight is 348 g/mol. The van der Waals surface area contributed by atoms with Gasteiger partial charge in [0, 0.05) is 51.9 Å². The van der Waals surface area contributed by atoms with Crippen LogP contribution in [0.3, 0.4) is 0 Å². The van der Waals surface area contributed by atoms with E-state index in [4.69, 9.17) is 4.74 Å². The number of carbonyl (C=O) groups is 1. The number of carbonyl (C=O) groups excluding carboxylic acids is 1. The number of aromatic nitrogens is 2. The van der Waals surface area contributed by atoms with Gasteiger partial charge in [-0.05, 0) is 26.2 Å². The molecule has 0 bridgehead atoms. The zero-order chi connectivity index (χ0) is 17.6. The second-order valence-electron chi connectivity index (χ2n) is 6.67. The summed E-state index contributed by atoms with van der Waals surface area (Å²) in [5, 5.41) is 6.14. The van der Waals surface area contributed by atoms with Gasteiger partial charge < -0.3 is 25.2 Å². The Kier molecular flexibility index (Phi) is 5.91. The molecular formula is C17H28N6O2. The van der Waals surface area contributed by atoms with Crippen molar-refractivity contribution >= 4 is 17.7 Å². The Balaban J connectivity index is 1.57. The summed E-state index contributed by atoms with van der Waals surface area (Å²) in [7, 11) is 1.85. The van der Waals surface area contributed by atoms with Gasteiger partial charge in [0.25, 0.3) is 0 Å². The Morgan fingerprint density at radius 2 is 2.24 bits per heavy atom. The molecule has 2 saturated heterocycles. The fourth-order valence-corrected chi connectivity index (χ4v) is 3.49. The predicted molar refractivity (Wildman–Crippen MR) is 96.9 cm³/mol. The highest BCUT2D eigenvalue weighted by atomic mass is 16.5. The van der Waals surface area contributed by atoms with Crippen LogP contribution in [0.5, 0.6) is 0 Å². The molecule has 0 spiro atoms. The molecule has 3 rings (SSSR count). The van der Waals surface area contributed by atoms with Crippen LogP contribution < -0.4 is 15.5 Å². The predicted octanol–water partition coefficient (Wildman–Crippen LogP) is 1.31. The molecule has 0 aromatic carbocycles. The van der Waals surface area contributed by atoms with Crippen LogP contribution in [-0.4, -0.2) is 72.9 Å². The summed E-state index contributed by atoms with van der Waals surface area (Å²) in [5.74, 6) is 1.71. The largest absolute Gasteiger partial charge is 0.377 e. The van der Waals surface area contributed by atoms with Crippen LogP contribution in [0.15, 0.2) is 12.4 Å². The van der Waals surface area contributed by atoms with Crippen molar-refractivity contribution in [1.82, 2.24) is 20.2 Å². The minimum atomic E-state index is 0.00259. The summed E-state index contributed by atoms with van der Waals surface area (Å²) >= 11 is 0. The minimum absolute atomic E-state index is 0.00259. The average Bonchev–Trinajstić information content (AvgIpc) is 3.00. The first-order valence-corrected chi connectivity index (χ1v) is 9.08. The quantitative estimate of drug-likeness (QED) is 0.854. The number of hydrogen-bond donors (Lipinski definition) is 2. The van der Waals surface area contributed by atoms with Crippen molar-refractivity contribution in [2.45, 2.75) is 38.3 Å². The third kappa shape index (κ3) is 4.50. The number of hydrogen-bond acceptors (Lipinski definition) is 6. The molecule has 0 unspecified atom stereocenters. The molecule has 1 aromatic rings. The lowest BCUT2D eigenvalue weighted by Crippen LogP contribution is -2.47. The van der Waals surface area contributed by atoms with Crippen molar-refractivity contribution in [2.75, 3.05) is 50.1 Å². The van der Waals surface area contributed by atoms with Crippen LogP contribution in [0.4, 0.5) is 16.4 Å². The maximum Gasteiger partial charge on any atom is 0.317 e. The van der Waals surface area contributed by atoms with Gasteiger partial charge in [0.15, 0.2) is 0 Å². The van der Waals surface area contributed by atoms with Gasteiger partial charge in [-0.1, -0.05) is 0 Å². The summed E-state index contributed by atoms with van der Waals surface area (Å²) in [6, 6.07) is 2.22. The van der Waals surface area contributed by atoms with Crippen LogP contribution in [-0.2, 0) is 4.74 Å². The van der Waals surface area contributed by atoms with E-state index in [1.54, 1.807) is 6.33 Å². The summed E-state index contributed by atoms with van der Waals surface area (Å²) in [6.45, 7) is 5.72. The number of nitrogens with one attached hydrogen (secondary N) is 2. The summed E-state index contributed by atoms with van der Waals surface area (Å²) in [6.07, 6.45) is 4.72. The molecule has 8 nitrogen and oxygen atoms in total. The molecule has 2 atom stereocenters. The summed E-state index contributed by atoms with van der Waals surface area (Å²) in [4.78, 5) is 25.2. The molecule has 2 fully saturated rings. The van der Waals surface area contributed by atoms with E-state index in [9.17, 15) is 4.79 Å². The second-order valence-corrected chi connectivity index (χ2v) is 6.67.